The molecule has 7 heteroatoms. The zero-order valence-electron chi connectivity index (χ0n) is 10.5. The summed E-state index contributed by atoms with van der Waals surface area (Å²) in [5.41, 5.74) is 6.57. The van der Waals surface area contributed by atoms with Crippen molar-refractivity contribution in [3.8, 4) is 11.5 Å². The highest BCUT2D eigenvalue weighted by Crippen LogP contribution is 2.41. The van der Waals surface area contributed by atoms with Crippen molar-refractivity contribution >= 4 is 28.2 Å². The highest BCUT2D eigenvalue weighted by Gasteiger charge is 2.23. The van der Waals surface area contributed by atoms with E-state index >= 15 is 0 Å². The summed E-state index contributed by atoms with van der Waals surface area (Å²) in [5.74, 6) is -0.534. The van der Waals surface area contributed by atoms with Gasteiger partial charge in [0, 0.05) is 16.1 Å². The number of carbonyl (C=O) groups is 2. The predicted molar refractivity (Wildman–Crippen MR) is 71.8 cm³/mol. The van der Waals surface area contributed by atoms with Crippen LogP contribution in [0.25, 0.3) is 0 Å². The van der Waals surface area contributed by atoms with E-state index < -0.39 is 12.0 Å². The van der Waals surface area contributed by atoms with Crippen LogP contribution in [0.1, 0.15) is 28.4 Å². The maximum atomic E-state index is 11.0. The van der Waals surface area contributed by atoms with Crippen LogP contribution in [0, 0.1) is 0 Å². The molecule has 19 heavy (non-hydrogen) atoms. The van der Waals surface area contributed by atoms with Crippen molar-refractivity contribution in [1.82, 2.24) is 0 Å². The van der Waals surface area contributed by atoms with Crippen molar-refractivity contribution in [1.29, 1.82) is 0 Å². The fourth-order valence-electron chi connectivity index (χ4n) is 1.74. The van der Waals surface area contributed by atoms with Gasteiger partial charge in [-0.05, 0) is 22.0 Å². The van der Waals surface area contributed by atoms with Gasteiger partial charge >= 0.3 is 5.97 Å². The molecule has 1 atom stereocenters. The second kappa shape index (κ2) is 6.53. The van der Waals surface area contributed by atoms with E-state index in [1.165, 1.54) is 14.2 Å². The molecule has 0 saturated carbocycles. The van der Waals surface area contributed by atoms with Gasteiger partial charge in [0.1, 0.15) is 0 Å². The fraction of sp³-hybridized carbons (Fsp3) is 0.333. The number of methoxy groups -OCH3 is 2. The molecule has 0 spiro atoms. The van der Waals surface area contributed by atoms with Crippen LogP contribution in [-0.2, 0) is 4.79 Å². The van der Waals surface area contributed by atoms with Gasteiger partial charge in [0.15, 0.2) is 17.8 Å². The smallest absolute Gasteiger partial charge is 0.305 e. The van der Waals surface area contributed by atoms with Crippen LogP contribution >= 0.6 is 15.9 Å². The minimum Gasteiger partial charge on any atom is -0.492 e. The molecule has 0 aliphatic rings. The zero-order valence-corrected chi connectivity index (χ0v) is 12.1. The Morgan fingerprint density at radius 3 is 2.47 bits per heavy atom. The molecule has 0 amide bonds. The van der Waals surface area contributed by atoms with Crippen molar-refractivity contribution in [3.63, 3.8) is 0 Å². The number of nitrogens with two attached hydrogens (primary N) is 1. The van der Waals surface area contributed by atoms with Crippen molar-refractivity contribution in [3.05, 3.63) is 21.7 Å². The molecule has 0 bridgehead atoms. The Labute approximate surface area is 118 Å². The summed E-state index contributed by atoms with van der Waals surface area (Å²) in [6.45, 7) is 0. The molecule has 3 N–H and O–H groups in total. The lowest BCUT2D eigenvalue weighted by Crippen LogP contribution is -2.16. The van der Waals surface area contributed by atoms with E-state index in [0.29, 0.717) is 16.3 Å². The summed E-state index contributed by atoms with van der Waals surface area (Å²) in [5, 5.41) is 8.79. The van der Waals surface area contributed by atoms with Crippen LogP contribution in [0.15, 0.2) is 10.5 Å². The largest absolute Gasteiger partial charge is 0.492 e. The Kier molecular flexibility index (Phi) is 5.31. The van der Waals surface area contributed by atoms with E-state index in [1.807, 2.05) is 0 Å². The van der Waals surface area contributed by atoms with E-state index in [2.05, 4.69) is 15.9 Å². The summed E-state index contributed by atoms with van der Waals surface area (Å²) >= 11 is 3.23. The van der Waals surface area contributed by atoms with Gasteiger partial charge in [0.05, 0.1) is 26.2 Å². The van der Waals surface area contributed by atoms with Gasteiger partial charge in [0.2, 0.25) is 0 Å². The standard InChI is InChI=1S/C12H14BrNO5/c1-18-11-6(9(14)4-10(16)17)3-8(13)7(5-15)12(11)19-2/h3,5,9H,4,14H2,1-2H3,(H,16,17). The Hall–Kier alpha value is -1.60. The second-order valence-corrected chi connectivity index (χ2v) is 4.60. The van der Waals surface area contributed by atoms with Gasteiger partial charge in [-0.2, -0.15) is 0 Å². The maximum Gasteiger partial charge on any atom is 0.305 e. The number of hydrogen-bond donors (Lipinski definition) is 2. The molecule has 1 rings (SSSR count). The average molecular weight is 332 g/mol. The summed E-state index contributed by atoms with van der Waals surface area (Å²) in [6, 6.07) is 0.803. The normalized spacial score (nSPS) is 11.8. The molecule has 0 aliphatic heterocycles. The van der Waals surface area contributed by atoms with Crippen molar-refractivity contribution in [2.75, 3.05) is 14.2 Å². The summed E-state index contributed by atoms with van der Waals surface area (Å²) in [4.78, 5) is 21.8. The van der Waals surface area contributed by atoms with E-state index in [4.69, 9.17) is 20.3 Å². The SMILES string of the molecule is COc1c(C(N)CC(=O)O)cc(Br)c(C=O)c1OC. The third-order valence-corrected chi connectivity index (χ3v) is 3.23. The van der Waals surface area contributed by atoms with Crippen LogP contribution in [0.5, 0.6) is 11.5 Å². The molecule has 1 unspecified atom stereocenters. The van der Waals surface area contributed by atoms with E-state index in [-0.39, 0.29) is 23.5 Å². The molecule has 0 heterocycles. The molecule has 104 valence electrons. The number of halogens is 1. The zero-order chi connectivity index (χ0) is 14.6. The molecule has 0 saturated heterocycles. The van der Waals surface area contributed by atoms with Crippen LogP contribution in [0.3, 0.4) is 0 Å². The van der Waals surface area contributed by atoms with Gasteiger partial charge in [-0.3, -0.25) is 9.59 Å². The molecule has 0 aliphatic carbocycles. The van der Waals surface area contributed by atoms with Gasteiger partial charge in [0.25, 0.3) is 0 Å². The Balaban J connectivity index is 3.43. The Morgan fingerprint density at radius 2 is 2.05 bits per heavy atom. The van der Waals surface area contributed by atoms with E-state index in [9.17, 15) is 9.59 Å². The third kappa shape index (κ3) is 3.24. The molecular formula is C12H14BrNO5. The topological polar surface area (TPSA) is 98.9 Å². The molecule has 0 radical (unpaired) electrons. The van der Waals surface area contributed by atoms with Crippen LogP contribution in [0.2, 0.25) is 0 Å². The summed E-state index contributed by atoms with van der Waals surface area (Å²) in [6.07, 6.45) is 0.365. The minimum atomic E-state index is -1.02. The second-order valence-electron chi connectivity index (χ2n) is 3.75. The van der Waals surface area contributed by atoms with Gasteiger partial charge < -0.3 is 20.3 Å². The van der Waals surface area contributed by atoms with Crippen LogP contribution < -0.4 is 15.2 Å². The molecule has 6 nitrogen and oxygen atoms in total. The molecule has 0 fully saturated rings. The minimum absolute atomic E-state index is 0.225. The highest BCUT2D eigenvalue weighted by atomic mass is 79.9. The fourth-order valence-corrected chi connectivity index (χ4v) is 2.26. The lowest BCUT2D eigenvalue weighted by Gasteiger charge is -2.19. The number of carboxylic acids is 1. The number of ether oxygens (including phenoxy) is 2. The Bertz CT molecular complexity index is 503. The van der Waals surface area contributed by atoms with Crippen LogP contribution in [0.4, 0.5) is 0 Å². The molecule has 1 aromatic carbocycles. The lowest BCUT2D eigenvalue weighted by atomic mass is 10.0. The average Bonchev–Trinajstić information content (AvgIpc) is 2.36. The summed E-state index contributed by atoms with van der Waals surface area (Å²) in [7, 11) is 2.79. The monoisotopic (exact) mass is 331 g/mol. The van der Waals surface area contributed by atoms with Gasteiger partial charge in [-0.15, -0.1) is 0 Å². The van der Waals surface area contributed by atoms with Crippen molar-refractivity contribution in [2.24, 2.45) is 5.73 Å². The third-order valence-electron chi connectivity index (χ3n) is 2.57. The van der Waals surface area contributed by atoms with Gasteiger partial charge in [-0.25, -0.2) is 0 Å². The number of carboxylic acid groups (broad SMARTS) is 1. The van der Waals surface area contributed by atoms with E-state index in [0.717, 1.165) is 0 Å². The molecular weight excluding hydrogens is 318 g/mol. The number of carbonyl (C=O) groups excluding carboxylic acids is 1. The van der Waals surface area contributed by atoms with E-state index in [1.54, 1.807) is 6.07 Å². The number of aldehydes is 1. The lowest BCUT2D eigenvalue weighted by molar-refractivity contribution is -0.137. The first-order valence-corrected chi connectivity index (χ1v) is 6.12. The highest BCUT2D eigenvalue weighted by molar-refractivity contribution is 9.10. The predicted octanol–water partition coefficient (Wildman–Crippen LogP) is 1.75. The van der Waals surface area contributed by atoms with Crippen molar-refractivity contribution < 1.29 is 24.2 Å². The first-order chi connectivity index (χ1) is 8.96. The first kappa shape index (κ1) is 15.5. The number of hydrogen-bond acceptors (Lipinski definition) is 5. The Morgan fingerprint density at radius 1 is 1.47 bits per heavy atom. The number of rotatable bonds is 6. The quantitative estimate of drug-likeness (QED) is 0.770. The number of aliphatic carboxylic acids is 1. The molecule has 1 aromatic rings. The van der Waals surface area contributed by atoms with Gasteiger partial charge in [-0.1, -0.05) is 0 Å². The maximum absolute atomic E-state index is 11.0. The number of benzene rings is 1. The summed E-state index contributed by atoms with van der Waals surface area (Å²) < 4.78 is 10.8. The van der Waals surface area contributed by atoms with Crippen LogP contribution in [-0.4, -0.2) is 31.6 Å². The first-order valence-electron chi connectivity index (χ1n) is 5.33. The van der Waals surface area contributed by atoms with Crippen molar-refractivity contribution in [2.45, 2.75) is 12.5 Å². The molecule has 0 aromatic heterocycles.